The first-order chi connectivity index (χ1) is 17.3. The van der Waals surface area contributed by atoms with Crippen LogP contribution in [0.4, 0.5) is 0 Å². The summed E-state index contributed by atoms with van der Waals surface area (Å²) in [6.07, 6.45) is 0. The molecule has 5 heteroatoms. The molecule has 0 radical (unpaired) electrons. The highest BCUT2D eigenvalue weighted by Gasteiger charge is 2.15. The van der Waals surface area contributed by atoms with Crippen LogP contribution >= 0.6 is 0 Å². The third-order valence-electron chi connectivity index (χ3n) is 6.10. The zero-order valence-electron chi connectivity index (χ0n) is 18.6. The van der Waals surface area contributed by atoms with Gasteiger partial charge in [0.2, 0.25) is 0 Å². The lowest BCUT2D eigenvalue weighted by Crippen LogP contribution is -2.00. The molecule has 0 spiro atoms. The maximum atomic E-state index is 6.12. The van der Waals surface area contributed by atoms with Gasteiger partial charge in [-0.1, -0.05) is 78.9 Å². The van der Waals surface area contributed by atoms with Gasteiger partial charge in [0.15, 0.2) is 23.1 Å². The number of para-hydroxylation sites is 1. The Morgan fingerprint density at radius 2 is 1.06 bits per heavy atom. The van der Waals surface area contributed by atoms with Crippen molar-refractivity contribution in [3.63, 3.8) is 0 Å². The normalized spacial score (nSPS) is 11.4. The van der Waals surface area contributed by atoms with Crippen LogP contribution in [0.2, 0.25) is 0 Å². The van der Waals surface area contributed by atoms with Gasteiger partial charge in [-0.2, -0.15) is 0 Å². The molecule has 0 fully saturated rings. The third kappa shape index (κ3) is 3.42. The summed E-state index contributed by atoms with van der Waals surface area (Å²) >= 11 is 0. The number of rotatable bonds is 3. The molecule has 0 saturated carbocycles. The largest absolute Gasteiger partial charge is 0.454 e. The Hall–Kier alpha value is -4.90. The first-order valence-corrected chi connectivity index (χ1v) is 11.4. The van der Waals surface area contributed by atoms with Crippen LogP contribution in [0.5, 0.6) is 0 Å². The molecule has 0 aliphatic carbocycles. The average Bonchev–Trinajstić information content (AvgIpc) is 3.29. The van der Waals surface area contributed by atoms with Gasteiger partial charge in [-0.15, -0.1) is 0 Å². The molecule has 7 aromatic rings. The molecule has 3 heterocycles. The Labute approximate surface area is 200 Å². The van der Waals surface area contributed by atoms with Crippen LogP contribution in [0, 0.1) is 0 Å². The fourth-order valence-corrected chi connectivity index (χ4v) is 4.37. The first kappa shape index (κ1) is 19.6. The molecule has 0 atom stereocenters. The minimum Gasteiger partial charge on any atom is -0.454 e. The monoisotopic (exact) mass is 450 g/mol. The number of pyridine rings is 1. The van der Waals surface area contributed by atoms with Crippen molar-refractivity contribution in [1.82, 2.24) is 19.9 Å². The van der Waals surface area contributed by atoms with Gasteiger partial charge in [-0.05, 0) is 30.3 Å². The summed E-state index contributed by atoms with van der Waals surface area (Å²) in [4.78, 5) is 19.4. The Bertz CT molecular complexity index is 1790. The van der Waals surface area contributed by atoms with Crippen LogP contribution < -0.4 is 0 Å². The molecule has 0 aliphatic heterocycles. The molecule has 0 aliphatic rings. The Kier molecular flexibility index (Phi) is 4.39. The fraction of sp³-hybridized carbons (Fsp3) is 0. The van der Waals surface area contributed by atoms with Gasteiger partial charge in [-0.3, -0.25) is 0 Å². The Morgan fingerprint density at radius 3 is 1.74 bits per heavy atom. The van der Waals surface area contributed by atoms with E-state index < -0.39 is 0 Å². The van der Waals surface area contributed by atoms with E-state index >= 15 is 0 Å². The van der Waals surface area contributed by atoms with Gasteiger partial charge in [0, 0.05) is 27.5 Å². The van der Waals surface area contributed by atoms with E-state index in [1.54, 1.807) is 0 Å². The second-order valence-electron chi connectivity index (χ2n) is 8.38. The molecule has 3 aromatic heterocycles. The fourth-order valence-electron chi connectivity index (χ4n) is 4.37. The van der Waals surface area contributed by atoms with Gasteiger partial charge in [0.05, 0.1) is 5.52 Å². The van der Waals surface area contributed by atoms with E-state index in [0.717, 1.165) is 49.7 Å². The van der Waals surface area contributed by atoms with E-state index in [4.69, 9.17) is 24.4 Å². The summed E-state index contributed by atoms with van der Waals surface area (Å²) in [6.45, 7) is 0. The molecule has 164 valence electrons. The minimum atomic E-state index is 0.606. The molecular formula is C30H18N4O. The topological polar surface area (TPSA) is 64.7 Å². The van der Waals surface area contributed by atoms with Crippen molar-refractivity contribution >= 4 is 33.0 Å². The van der Waals surface area contributed by atoms with Crippen molar-refractivity contribution in [3.8, 4) is 34.2 Å². The van der Waals surface area contributed by atoms with Crippen LogP contribution in [0.25, 0.3) is 67.1 Å². The lowest BCUT2D eigenvalue weighted by Gasteiger charge is -2.08. The molecule has 0 unspecified atom stereocenters. The highest BCUT2D eigenvalue weighted by atomic mass is 16.3. The minimum absolute atomic E-state index is 0.606. The number of hydrogen-bond donors (Lipinski definition) is 0. The number of nitrogens with zero attached hydrogens (tertiary/aromatic N) is 4. The second kappa shape index (κ2) is 7.85. The Balaban J connectivity index is 1.45. The molecule has 0 bridgehead atoms. The van der Waals surface area contributed by atoms with Crippen molar-refractivity contribution in [2.75, 3.05) is 0 Å². The van der Waals surface area contributed by atoms with Crippen molar-refractivity contribution in [2.24, 2.45) is 0 Å². The van der Waals surface area contributed by atoms with E-state index in [1.807, 2.05) is 103 Å². The third-order valence-corrected chi connectivity index (χ3v) is 6.10. The summed E-state index contributed by atoms with van der Waals surface area (Å²) in [7, 11) is 0. The van der Waals surface area contributed by atoms with E-state index in [1.165, 1.54) is 0 Å². The van der Waals surface area contributed by atoms with E-state index in [0.29, 0.717) is 17.5 Å². The zero-order valence-corrected chi connectivity index (χ0v) is 18.6. The molecule has 0 saturated heterocycles. The van der Waals surface area contributed by atoms with Crippen LogP contribution in [-0.4, -0.2) is 19.9 Å². The van der Waals surface area contributed by atoms with Crippen LogP contribution in [0.15, 0.2) is 114 Å². The van der Waals surface area contributed by atoms with E-state index in [9.17, 15) is 0 Å². The molecular weight excluding hydrogens is 432 g/mol. The SMILES string of the molecule is c1ccc(-c2nc(-c3ccccc3)nc(-c3ccc4oc5cc6ccccc6nc5c4c3)n2)cc1. The quantitative estimate of drug-likeness (QED) is 0.282. The smallest absolute Gasteiger partial charge is 0.164 e. The highest BCUT2D eigenvalue weighted by molar-refractivity contribution is 6.07. The van der Waals surface area contributed by atoms with Crippen LogP contribution in [0.3, 0.4) is 0 Å². The predicted octanol–water partition coefficient (Wildman–Crippen LogP) is 7.32. The van der Waals surface area contributed by atoms with Gasteiger partial charge < -0.3 is 4.42 Å². The van der Waals surface area contributed by atoms with Crippen LogP contribution in [0.1, 0.15) is 0 Å². The number of hydrogen-bond acceptors (Lipinski definition) is 5. The summed E-state index contributed by atoms with van der Waals surface area (Å²) in [5.74, 6) is 1.88. The van der Waals surface area contributed by atoms with E-state index in [2.05, 4.69) is 6.07 Å². The molecule has 7 rings (SSSR count). The predicted molar refractivity (Wildman–Crippen MR) is 139 cm³/mol. The van der Waals surface area contributed by atoms with Gasteiger partial charge >= 0.3 is 0 Å². The summed E-state index contributed by atoms with van der Waals surface area (Å²) in [5, 5.41) is 1.99. The van der Waals surface area contributed by atoms with E-state index in [-0.39, 0.29) is 0 Å². The van der Waals surface area contributed by atoms with Crippen molar-refractivity contribution < 1.29 is 4.42 Å². The van der Waals surface area contributed by atoms with Crippen molar-refractivity contribution in [1.29, 1.82) is 0 Å². The average molecular weight is 451 g/mol. The first-order valence-electron chi connectivity index (χ1n) is 11.4. The van der Waals surface area contributed by atoms with Gasteiger partial charge in [0.1, 0.15) is 11.1 Å². The molecule has 0 amide bonds. The number of aromatic nitrogens is 4. The van der Waals surface area contributed by atoms with Crippen molar-refractivity contribution in [3.05, 3.63) is 109 Å². The standard InChI is InChI=1S/C30H18N4O/c1-3-9-19(10-4-1)28-32-29(20-11-5-2-6-12-20)34-30(33-28)22-15-16-25-23(17-22)27-26(35-25)18-21-13-7-8-14-24(21)31-27/h1-18H. The van der Waals surface area contributed by atoms with Crippen LogP contribution in [-0.2, 0) is 0 Å². The van der Waals surface area contributed by atoms with Gasteiger partial charge in [0.25, 0.3) is 0 Å². The molecule has 0 N–H and O–H groups in total. The number of benzene rings is 4. The molecule has 35 heavy (non-hydrogen) atoms. The van der Waals surface area contributed by atoms with Crippen molar-refractivity contribution in [2.45, 2.75) is 0 Å². The maximum absolute atomic E-state index is 6.12. The Morgan fingerprint density at radius 1 is 0.457 bits per heavy atom. The lowest BCUT2D eigenvalue weighted by molar-refractivity contribution is 0.669. The highest BCUT2D eigenvalue weighted by Crippen LogP contribution is 2.33. The molecule has 5 nitrogen and oxygen atoms in total. The molecule has 4 aromatic carbocycles. The lowest BCUT2D eigenvalue weighted by atomic mass is 10.1. The second-order valence-corrected chi connectivity index (χ2v) is 8.38. The zero-order chi connectivity index (χ0) is 23.2. The summed E-state index contributed by atoms with van der Waals surface area (Å²) in [6, 6.07) is 36.1. The maximum Gasteiger partial charge on any atom is 0.164 e. The van der Waals surface area contributed by atoms with Gasteiger partial charge in [-0.25, -0.2) is 19.9 Å². The summed E-state index contributed by atoms with van der Waals surface area (Å²) < 4.78 is 6.12. The summed E-state index contributed by atoms with van der Waals surface area (Å²) in [5.41, 5.74) is 6.08. The number of furan rings is 1. The number of fused-ring (bicyclic) bond motifs is 4.